The number of rotatable bonds is 2. The van der Waals surface area contributed by atoms with Crippen molar-refractivity contribution in [3.8, 4) is 6.07 Å². The maximum absolute atomic E-state index is 11.9. The molecule has 0 fully saturated rings. The first-order valence-electron chi connectivity index (χ1n) is 11.4. The Morgan fingerprint density at radius 2 is 1.38 bits per heavy atom. The molecule has 0 radical (unpaired) electrons. The molecule has 5 aromatic heterocycles. The predicted octanol–water partition coefficient (Wildman–Crippen LogP) is 7.76. The van der Waals surface area contributed by atoms with Crippen LogP contribution in [0.25, 0.3) is 20.7 Å². The van der Waals surface area contributed by atoms with Crippen molar-refractivity contribution in [2.45, 2.75) is 0 Å². The number of halogens is 4. The third kappa shape index (κ3) is 8.73. The molecule has 0 saturated heterocycles. The molecule has 0 atom stereocenters. The van der Waals surface area contributed by atoms with Crippen LogP contribution in [0.5, 0.6) is 0 Å². The highest BCUT2D eigenvalue weighted by atomic mass is 35.5. The van der Waals surface area contributed by atoms with Crippen LogP contribution in [0.1, 0.15) is 5.56 Å². The van der Waals surface area contributed by atoms with Crippen molar-refractivity contribution in [2.24, 2.45) is 0 Å². The summed E-state index contributed by atoms with van der Waals surface area (Å²) in [7, 11) is 0. The van der Waals surface area contributed by atoms with E-state index in [0.29, 0.717) is 53.0 Å². The number of pyridine rings is 3. The Balaban J connectivity index is 0.000000167. The van der Waals surface area contributed by atoms with Crippen molar-refractivity contribution in [1.82, 2.24) is 24.9 Å². The Kier molecular flexibility index (Phi) is 10.5. The zero-order valence-corrected chi connectivity index (χ0v) is 25.5. The Bertz CT molecular complexity index is 1930. The van der Waals surface area contributed by atoms with Gasteiger partial charge in [0.2, 0.25) is 0 Å². The van der Waals surface area contributed by atoms with Crippen LogP contribution in [0.4, 0.5) is 26.4 Å². The van der Waals surface area contributed by atoms with Crippen LogP contribution >= 0.6 is 69.1 Å². The fraction of sp³-hybridized carbons (Fsp3) is 0. The zero-order chi connectivity index (χ0) is 30.2. The van der Waals surface area contributed by atoms with Crippen LogP contribution < -0.4 is 22.1 Å². The lowest BCUT2D eigenvalue weighted by Gasteiger charge is -2.05. The highest BCUT2D eigenvalue weighted by Crippen LogP contribution is 2.26. The van der Waals surface area contributed by atoms with Crippen molar-refractivity contribution in [3.63, 3.8) is 0 Å². The number of urea groups is 1. The summed E-state index contributed by atoms with van der Waals surface area (Å²) in [5.41, 5.74) is 13.7. The number of amides is 2. The van der Waals surface area contributed by atoms with Gasteiger partial charge in [0.1, 0.15) is 36.2 Å². The number of nitrogen functional groups attached to an aromatic ring is 2. The minimum absolute atomic E-state index is 0.252. The average Bonchev–Trinajstić information content (AvgIpc) is 3.52. The molecule has 0 bridgehead atoms. The second-order valence-electron chi connectivity index (χ2n) is 7.77. The van der Waals surface area contributed by atoms with Gasteiger partial charge < -0.3 is 16.8 Å². The number of hydrogen-bond acceptors (Lipinski definition) is 11. The summed E-state index contributed by atoms with van der Waals surface area (Å²) in [6, 6.07) is 18.3. The minimum atomic E-state index is -0.444. The molecule has 2 amide bonds. The number of nitrogens with zero attached hydrogens (tertiary/aromatic N) is 6. The highest BCUT2D eigenvalue weighted by molar-refractivity contribution is 7.22. The lowest BCUT2D eigenvalue weighted by molar-refractivity contribution is 0.262. The van der Waals surface area contributed by atoms with Crippen LogP contribution in [-0.4, -0.2) is 31.0 Å². The summed E-state index contributed by atoms with van der Waals surface area (Å²) in [6.45, 7) is 0. The first kappa shape index (κ1) is 30.9. The van der Waals surface area contributed by atoms with E-state index in [2.05, 4.69) is 35.6 Å². The molecule has 0 spiro atoms. The second kappa shape index (κ2) is 14.2. The molecule has 0 unspecified atom stereocenters. The van der Waals surface area contributed by atoms with Crippen LogP contribution in [0.3, 0.4) is 0 Å². The maximum Gasteiger partial charge on any atom is 0.325 e. The summed E-state index contributed by atoms with van der Waals surface area (Å²) in [5, 5.41) is 16.5. The van der Waals surface area contributed by atoms with Gasteiger partial charge in [-0.25, -0.2) is 29.7 Å². The first-order valence-corrected chi connectivity index (χ1v) is 14.5. The Morgan fingerprint density at radius 3 is 2.02 bits per heavy atom. The average molecular weight is 678 g/mol. The number of anilines is 4. The standard InChI is InChI=1S/C14H8ClN5OS.C6H4ClN3S.C5H4Cl2N2/c15-11-5-4-10-12(19-11)22-14(18-10)20-13(21)17-9-3-1-2-8(6-9)7-16;7-4-2-1-3-5(10-4)11-6(8)9-3;6-4-2-1-3(8)5(7)9-4/h1-6H,(H2,17,18,20,21);1-2H,(H2,8,9);1-2H,8H2. The van der Waals surface area contributed by atoms with Crippen LogP contribution in [0, 0.1) is 11.3 Å². The van der Waals surface area contributed by atoms with E-state index in [0.717, 1.165) is 10.3 Å². The van der Waals surface area contributed by atoms with E-state index in [1.54, 1.807) is 60.7 Å². The van der Waals surface area contributed by atoms with E-state index in [1.165, 1.54) is 22.7 Å². The quantitative estimate of drug-likeness (QED) is 0.133. The summed E-state index contributed by atoms with van der Waals surface area (Å²) >= 11 is 25.0. The van der Waals surface area contributed by atoms with Crippen molar-refractivity contribution < 1.29 is 4.79 Å². The normalized spacial score (nSPS) is 10.2. The summed E-state index contributed by atoms with van der Waals surface area (Å²) in [4.78, 5) is 33.5. The van der Waals surface area contributed by atoms with E-state index < -0.39 is 6.03 Å². The number of benzene rings is 1. The lowest BCUT2D eigenvalue weighted by Crippen LogP contribution is -2.19. The summed E-state index contributed by atoms with van der Waals surface area (Å²) in [6.07, 6.45) is 0. The van der Waals surface area contributed by atoms with Crippen molar-refractivity contribution in [2.75, 3.05) is 22.1 Å². The van der Waals surface area contributed by atoms with Gasteiger partial charge in [-0.2, -0.15) is 5.26 Å². The largest absolute Gasteiger partial charge is 0.396 e. The van der Waals surface area contributed by atoms with Gasteiger partial charge in [0.25, 0.3) is 0 Å². The molecule has 17 heteroatoms. The van der Waals surface area contributed by atoms with Crippen LogP contribution in [-0.2, 0) is 0 Å². The molecule has 6 N–H and O–H groups in total. The molecule has 0 aliphatic carbocycles. The molecule has 212 valence electrons. The zero-order valence-electron chi connectivity index (χ0n) is 20.8. The highest BCUT2D eigenvalue weighted by Gasteiger charge is 2.09. The van der Waals surface area contributed by atoms with Crippen molar-refractivity contribution in [3.05, 3.63) is 86.8 Å². The fourth-order valence-electron chi connectivity index (χ4n) is 3.01. The molecule has 5 heterocycles. The van der Waals surface area contributed by atoms with Crippen molar-refractivity contribution >= 4 is 117 Å². The molecular formula is C25H16Cl4N10OS2. The predicted molar refractivity (Wildman–Crippen MR) is 172 cm³/mol. The van der Waals surface area contributed by atoms with E-state index in [1.807, 2.05) is 6.07 Å². The number of nitrogens with one attached hydrogen (secondary N) is 2. The van der Waals surface area contributed by atoms with Gasteiger partial charge in [0.15, 0.2) is 15.4 Å². The van der Waals surface area contributed by atoms with Gasteiger partial charge in [-0.1, -0.05) is 75.1 Å². The molecule has 0 saturated carbocycles. The summed E-state index contributed by atoms with van der Waals surface area (Å²) < 4.78 is 0. The Labute approximate surface area is 266 Å². The second-order valence-corrected chi connectivity index (χ2v) is 11.3. The number of carbonyl (C=O) groups is 1. The molecule has 6 rings (SSSR count). The minimum Gasteiger partial charge on any atom is -0.396 e. The number of carbonyl (C=O) groups excluding carboxylic acids is 1. The van der Waals surface area contributed by atoms with E-state index in [9.17, 15) is 4.79 Å². The number of nitrogens with two attached hydrogens (primary N) is 2. The molecule has 11 nitrogen and oxygen atoms in total. The van der Waals surface area contributed by atoms with Gasteiger partial charge in [-0.15, -0.1) is 0 Å². The number of thiazole rings is 2. The number of hydrogen-bond donors (Lipinski definition) is 4. The lowest BCUT2D eigenvalue weighted by atomic mass is 10.2. The SMILES string of the molecule is N#Cc1cccc(NC(=O)Nc2nc3ccc(Cl)nc3s2)c1.Nc1ccc(Cl)nc1Cl.Nc1nc2ccc(Cl)nc2s1. The molecule has 1 aromatic carbocycles. The van der Waals surface area contributed by atoms with Gasteiger partial charge in [0, 0.05) is 5.69 Å². The molecule has 0 aliphatic rings. The van der Waals surface area contributed by atoms with Gasteiger partial charge in [-0.05, 0) is 54.6 Å². The smallest absolute Gasteiger partial charge is 0.325 e. The molecule has 42 heavy (non-hydrogen) atoms. The molecule has 6 aromatic rings. The van der Waals surface area contributed by atoms with E-state index in [-0.39, 0.29) is 5.15 Å². The third-order valence-corrected chi connectivity index (χ3v) is 7.38. The molecular weight excluding hydrogens is 662 g/mol. The topological polar surface area (TPSA) is 181 Å². The fourth-order valence-corrected chi connectivity index (χ4v) is 5.29. The van der Waals surface area contributed by atoms with Crippen molar-refractivity contribution in [1.29, 1.82) is 5.26 Å². The van der Waals surface area contributed by atoms with Crippen LogP contribution in [0.2, 0.25) is 20.6 Å². The summed E-state index contributed by atoms with van der Waals surface area (Å²) in [5.74, 6) is 0. The van der Waals surface area contributed by atoms with E-state index >= 15 is 0 Å². The van der Waals surface area contributed by atoms with E-state index in [4.69, 9.17) is 63.1 Å². The maximum atomic E-state index is 11.9. The Morgan fingerprint density at radius 1 is 0.762 bits per heavy atom. The van der Waals surface area contributed by atoms with Gasteiger partial charge in [-0.3, -0.25) is 5.32 Å². The number of fused-ring (bicyclic) bond motifs is 2. The third-order valence-electron chi connectivity index (χ3n) is 4.77. The Hall–Kier alpha value is -4.03. The number of aromatic nitrogens is 5. The number of nitriles is 1. The molecule has 0 aliphatic heterocycles. The van der Waals surface area contributed by atoms with Crippen LogP contribution in [0.15, 0.2) is 60.7 Å². The van der Waals surface area contributed by atoms with Gasteiger partial charge in [0.05, 0.1) is 17.3 Å². The monoisotopic (exact) mass is 676 g/mol. The van der Waals surface area contributed by atoms with Gasteiger partial charge >= 0.3 is 6.03 Å². The first-order chi connectivity index (χ1) is 20.1.